The fraction of sp³-hybridized carbons (Fsp3) is 0.533. The molecule has 0 aliphatic carbocycles. The molecule has 20 heavy (non-hydrogen) atoms. The Hall–Kier alpha value is -1.75. The van der Waals surface area contributed by atoms with Crippen molar-refractivity contribution in [1.82, 2.24) is 5.32 Å². The third-order valence-electron chi connectivity index (χ3n) is 2.31. The summed E-state index contributed by atoms with van der Waals surface area (Å²) in [5.74, 6) is 0.696. The van der Waals surface area contributed by atoms with Crippen LogP contribution in [0.4, 0.5) is 4.79 Å². The number of amides is 1. The number of benzene rings is 1. The van der Waals surface area contributed by atoms with E-state index in [1.165, 1.54) is 0 Å². The van der Waals surface area contributed by atoms with Crippen molar-refractivity contribution in [1.29, 1.82) is 0 Å². The molecule has 0 saturated carbocycles. The standard InChI is InChI=1S/C15H23NO4/c1-11-6-5-7-13(8-11)19-10-12(17)9-16-14(18)20-15(2,3)4/h5-8,12,17H,9-10H2,1-4H3,(H,16,18). The molecule has 112 valence electrons. The van der Waals surface area contributed by atoms with Crippen LogP contribution in [0.1, 0.15) is 26.3 Å². The van der Waals surface area contributed by atoms with E-state index in [9.17, 15) is 9.90 Å². The molecule has 0 aromatic heterocycles. The maximum absolute atomic E-state index is 11.4. The maximum Gasteiger partial charge on any atom is 0.407 e. The van der Waals surface area contributed by atoms with E-state index in [1.807, 2.05) is 31.2 Å². The Morgan fingerprint density at radius 3 is 2.70 bits per heavy atom. The van der Waals surface area contributed by atoms with E-state index in [0.29, 0.717) is 5.75 Å². The lowest BCUT2D eigenvalue weighted by Gasteiger charge is -2.20. The van der Waals surface area contributed by atoms with Gasteiger partial charge in [-0.05, 0) is 45.4 Å². The van der Waals surface area contributed by atoms with Crippen molar-refractivity contribution in [3.05, 3.63) is 29.8 Å². The first-order chi connectivity index (χ1) is 9.26. The molecule has 0 fully saturated rings. The van der Waals surface area contributed by atoms with Crippen LogP contribution in [0.3, 0.4) is 0 Å². The van der Waals surface area contributed by atoms with Crippen LogP contribution >= 0.6 is 0 Å². The van der Waals surface area contributed by atoms with Crippen LogP contribution in [0, 0.1) is 6.92 Å². The normalized spacial score (nSPS) is 12.7. The highest BCUT2D eigenvalue weighted by Gasteiger charge is 2.16. The van der Waals surface area contributed by atoms with Crippen molar-refractivity contribution in [3.63, 3.8) is 0 Å². The minimum Gasteiger partial charge on any atom is -0.491 e. The highest BCUT2D eigenvalue weighted by Crippen LogP contribution is 2.12. The summed E-state index contributed by atoms with van der Waals surface area (Å²) < 4.78 is 10.5. The second-order valence-electron chi connectivity index (χ2n) is 5.66. The number of rotatable bonds is 5. The van der Waals surface area contributed by atoms with Crippen molar-refractivity contribution >= 4 is 6.09 Å². The number of alkyl carbamates (subject to hydrolysis) is 1. The number of hydrogen-bond donors (Lipinski definition) is 2. The number of aliphatic hydroxyl groups is 1. The second-order valence-corrected chi connectivity index (χ2v) is 5.66. The zero-order chi connectivity index (χ0) is 15.2. The van der Waals surface area contributed by atoms with E-state index in [1.54, 1.807) is 20.8 Å². The molecule has 5 heteroatoms. The highest BCUT2D eigenvalue weighted by atomic mass is 16.6. The Kier molecular flexibility index (Phi) is 5.82. The van der Waals surface area contributed by atoms with Crippen molar-refractivity contribution in [2.24, 2.45) is 0 Å². The third-order valence-corrected chi connectivity index (χ3v) is 2.31. The number of carbonyl (C=O) groups excluding carboxylic acids is 1. The predicted octanol–water partition coefficient (Wildman–Crippen LogP) is 2.26. The van der Waals surface area contributed by atoms with Gasteiger partial charge in [-0.3, -0.25) is 0 Å². The van der Waals surface area contributed by atoms with Gasteiger partial charge >= 0.3 is 6.09 Å². The molecular formula is C15H23NO4. The van der Waals surface area contributed by atoms with Crippen molar-refractivity contribution in [2.45, 2.75) is 39.4 Å². The van der Waals surface area contributed by atoms with Gasteiger partial charge in [-0.15, -0.1) is 0 Å². The highest BCUT2D eigenvalue weighted by molar-refractivity contribution is 5.67. The molecule has 1 rings (SSSR count). The van der Waals surface area contributed by atoms with E-state index in [0.717, 1.165) is 5.56 Å². The molecule has 0 spiro atoms. The molecule has 0 radical (unpaired) electrons. The fourth-order valence-electron chi connectivity index (χ4n) is 1.47. The van der Waals surface area contributed by atoms with Crippen molar-refractivity contribution in [2.75, 3.05) is 13.2 Å². The van der Waals surface area contributed by atoms with E-state index in [2.05, 4.69) is 5.32 Å². The van der Waals surface area contributed by atoms with Crippen LogP contribution in [-0.2, 0) is 4.74 Å². The number of nitrogens with one attached hydrogen (secondary N) is 1. The third kappa shape index (κ3) is 6.99. The topological polar surface area (TPSA) is 67.8 Å². The molecule has 0 heterocycles. The van der Waals surface area contributed by atoms with Crippen LogP contribution in [-0.4, -0.2) is 36.1 Å². The zero-order valence-corrected chi connectivity index (χ0v) is 12.5. The molecule has 0 aliphatic heterocycles. The lowest BCUT2D eigenvalue weighted by molar-refractivity contribution is 0.0463. The molecular weight excluding hydrogens is 258 g/mol. The Balaban J connectivity index is 2.27. The fourth-order valence-corrected chi connectivity index (χ4v) is 1.47. The Morgan fingerprint density at radius 1 is 1.40 bits per heavy atom. The number of hydrogen-bond acceptors (Lipinski definition) is 4. The molecule has 1 unspecified atom stereocenters. The van der Waals surface area contributed by atoms with Gasteiger partial charge in [-0.2, -0.15) is 0 Å². The smallest absolute Gasteiger partial charge is 0.407 e. The van der Waals surface area contributed by atoms with Gasteiger partial charge in [-0.1, -0.05) is 12.1 Å². The van der Waals surface area contributed by atoms with Crippen LogP contribution in [0.5, 0.6) is 5.75 Å². The number of ether oxygens (including phenoxy) is 2. The summed E-state index contributed by atoms with van der Waals surface area (Å²) >= 11 is 0. The molecule has 0 aliphatic rings. The summed E-state index contributed by atoms with van der Waals surface area (Å²) in [6.07, 6.45) is -1.34. The van der Waals surface area contributed by atoms with Crippen LogP contribution in [0.25, 0.3) is 0 Å². The van der Waals surface area contributed by atoms with Gasteiger partial charge < -0.3 is 19.9 Å². The summed E-state index contributed by atoms with van der Waals surface area (Å²) in [6, 6.07) is 7.55. The van der Waals surface area contributed by atoms with E-state index in [4.69, 9.17) is 9.47 Å². The summed E-state index contributed by atoms with van der Waals surface area (Å²) in [4.78, 5) is 11.4. The number of carbonyl (C=O) groups is 1. The minimum atomic E-state index is -0.789. The van der Waals surface area contributed by atoms with Gasteiger partial charge in [0, 0.05) is 0 Å². The predicted molar refractivity (Wildman–Crippen MR) is 76.9 cm³/mol. The first-order valence-corrected chi connectivity index (χ1v) is 6.60. The Morgan fingerprint density at radius 2 is 2.10 bits per heavy atom. The lowest BCUT2D eigenvalue weighted by atomic mass is 10.2. The van der Waals surface area contributed by atoms with Gasteiger partial charge in [0.1, 0.15) is 24.1 Å². The van der Waals surface area contributed by atoms with Gasteiger partial charge in [0.2, 0.25) is 0 Å². The van der Waals surface area contributed by atoms with Gasteiger partial charge in [-0.25, -0.2) is 4.79 Å². The Bertz CT molecular complexity index is 440. The van der Waals surface area contributed by atoms with Crippen molar-refractivity contribution < 1.29 is 19.4 Å². The van der Waals surface area contributed by atoms with Crippen LogP contribution < -0.4 is 10.1 Å². The average Bonchev–Trinajstić information content (AvgIpc) is 2.32. The molecule has 1 aromatic rings. The summed E-state index contributed by atoms with van der Waals surface area (Å²) in [5.41, 5.74) is 0.538. The van der Waals surface area contributed by atoms with Crippen LogP contribution in [0.15, 0.2) is 24.3 Å². The van der Waals surface area contributed by atoms with Gasteiger partial charge in [0.05, 0.1) is 6.54 Å². The molecule has 5 nitrogen and oxygen atoms in total. The maximum atomic E-state index is 11.4. The number of aliphatic hydroxyl groups excluding tert-OH is 1. The lowest BCUT2D eigenvalue weighted by Crippen LogP contribution is -2.38. The number of aryl methyl sites for hydroxylation is 1. The molecule has 1 aromatic carbocycles. The van der Waals surface area contributed by atoms with E-state index in [-0.39, 0.29) is 13.2 Å². The molecule has 1 amide bonds. The minimum absolute atomic E-state index is 0.0841. The Labute approximate surface area is 119 Å². The molecule has 0 saturated heterocycles. The average molecular weight is 281 g/mol. The second kappa shape index (κ2) is 7.14. The quantitative estimate of drug-likeness (QED) is 0.868. The zero-order valence-electron chi connectivity index (χ0n) is 12.5. The molecule has 2 N–H and O–H groups in total. The first-order valence-electron chi connectivity index (χ1n) is 6.60. The van der Waals surface area contributed by atoms with Gasteiger partial charge in [0.15, 0.2) is 0 Å². The van der Waals surface area contributed by atoms with Gasteiger partial charge in [0.25, 0.3) is 0 Å². The van der Waals surface area contributed by atoms with E-state index >= 15 is 0 Å². The summed E-state index contributed by atoms with van der Waals surface area (Å²) in [7, 11) is 0. The molecule has 1 atom stereocenters. The van der Waals surface area contributed by atoms with Crippen LogP contribution in [0.2, 0.25) is 0 Å². The molecule has 0 bridgehead atoms. The summed E-state index contributed by atoms with van der Waals surface area (Å²) in [6.45, 7) is 7.50. The SMILES string of the molecule is Cc1cccc(OCC(O)CNC(=O)OC(C)(C)C)c1. The first kappa shape index (κ1) is 16.3. The van der Waals surface area contributed by atoms with E-state index < -0.39 is 17.8 Å². The van der Waals surface area contributed by atoms with Crippen molar-refractivity contribution in [3.8, 4) is 5.75 Å². The summed E-state index contributed by atoms with van der Waals surface area (Å²) in [5, 5.41) is 12.2. The largest absolute Gasteiger partial charge is 0.491 e. The monoisotopic (exact) mass is 281 g/mol.